The van der Waals surface area contributed by atoms with Gasteiger partial charge in [0.05, 0.1) is 25.0 Å². The Morgan fingerprint density at radius 3 is 2.90 bits per heavy atom. The van der Waals surface area contributed by atoms with Gasteiger partial charge in [-0.25, -0.2) is 4.98 Å². The molecule has 1 aliphatic carbocycles. The molecule has 2 aromatic rings. The lowest BCUT2D eigenvalue weighted by Crippen LogP contribution is -2.36. The van der Waals surface area contributed by atoms with E-state index in [1.807, 2.05) is 6.92 Å². The second-order valence-corrected chi connectivity index (χ2v) is 8.09. The van der Waals surface area contributed by atoms with Gasteiger partial charge >= 0.3 is 0 Å². The maximum Gasteiger partial charge on any atom is 0.243 e. The molecule has 2 amide bonds. The molecule has 30 heavy (non-hydrogen) atoms. The van der Waals surface area contributed by atoms with Crippen molar-refractivity contribution in [3.8, 4) is 11.8 Å². The van der Waals surface area contributed by atoms with Gasteiger partial charge < -0.3 is 15.0 Å². The van der Waals surface area contributed by atoms with Crippen molar-refractivity contribution in [3.05, 3.63) is 46.6 Å². The van der Waals surface area contributed by atoms with E-state index in [-0.39, 0.29) is 24.1 Å². The first-order chi connectivity index (χ1) is 14.4. The number of methoxy groups -OCH3 is 1. The van der Waals surface area contributed by atoms with Crippen molar-refractivity contribution in [1.82, 2.24) is 9.88 Å². The summed E-state index contributed by atoms with van der Waals surface area (Å²) in [5.74, 6) is 0.250. The highest BCUT2D eigenvalue weighted by atomic mass is 32.2. The molecule has 156 valence electrons. The van der Waals surface area contributed by atoms with Crippen LogP contribution in [0.5, 0.6) is 5.75 Å². The molecule has 0 spiro atoms. The second-order valence-electron chi connectivity index (χ2n) is 7.13. The number of likely N-dealkylation sites (N-methyl/N-ethyl adjacent to an activating group) is 1. The van der Waals surface area contributed by atoms with Gasteiger partial charge in [-0.3, -0.25) is 9.59 Å². The number of hydrogen-bond donors (Lipinski definition) is 1. The zero-order valence-corrected chi connectivity index (χ0v) is 18.1. The Kier molecular flexibility index (Phi) is 6.95. The third-order valence-corrected chi connectivity index (χ3v) is 6.03. The molecule has 1 aromatic heterocycles. The summed E-state index contributed by atoms with van der Waals surface area (Å²) in [4.78, 5) is 30.8. The number of rotatable bonds is 7. The normalized spacial score (nSPS) is 12.1. The fraction of sp³-hybridized carbons (Fsp3) is 0.364. The highest BCUT2D eigenvalue weighted by Gasteiger charge is 2.22. The molecule has 0 bridgehead atoms. The molecule has 8 heteroatoms. The van der Waals surface area contributed by atoms with Crippen LogP contribution < -0.4 is 10.1 Å². The van der Waals surface area contributed by atoms with E-state index in [9.17, 15) is 14.9 Å². The first-order valence-electron chi connectivity index (χ1n) is 9.66. The van der Waals surface area contributed by atoms with Crippen molar-refractivity contribution in [3.63, 3.8) is 0 Å². The van der Waals surface area contributed by atoms with Gasteiger partial charge in [-0.05, 0) is 49.4 Å². The SMILES string of the molecule is COc1cccc(NC(=O)CN(C)C(=O)CSc2nc3c(c(C)c2C#N)CCC3)c1. The number of nitriles is 1. The van der Waals surface area contributed by atoms with Gasteiger partial charge in [-0.15, -0.1) is 0 Å². The van der Waals surface area contributed by atoms with E-state index >= 15 is 0 Å². The van der Waals surface area contributed by atoms with E-state index in [1.54, 1.807) is 38.4 Å². The fourth-order valence-corrected chi connectivity index (χ4v) is 4.42. The van der Waals surface area contributed by atoms with Crippen molar-refractivity contribution in [2.45, 2.75) is 31.2 Å². The number of thioether (sulfide) groups is 1. The molecule has 0 unspecified atom stereocenters. The van der Waals surface area contributed by atoms with Crippen LogP contribution in [0.25, 0.3) is 0 Å². The van der Waals surface area contributed by atoms with Gasteiger partial charge in [0, 0.05) is 24.5 Å². The zero-order chi connectivity index (χ0) is 21.7. The predicted molar refractivity (Wildman–Crippen MR) is 116 cm³/mol. The zero-order valence-electron chi connectivity index (χ0n) is 17.3. The van der Waals surface area contributed by atoms with Gasteiger partial charge in [-0.2, -0.15) is 5.26 Å². The first kappa shape index (κ1) is 21.7. The van der Waals surface area contributed by atoms with Crippen LogP contribution in [0.2, 0.25) is 0 Å². The number of nitrogens with one attached hydrogen (secondary N) is 1. The average Bonchev–Trinajstić information content (AvgIpc) is 3.21. The highest BCUT2D eigenvalue weighted by molar-refractivity contribution is 8.00. The number of hydrogen-bond acceptors (Lipinski definition) is 6. The molecule has 1 aromatic carbocycles. The molecule has 0 saturated heterocycles. The molecule has 1 heterocycles. The number of pyridine rings is 1. The Morgan fingerprint density at radius 2 is 2.17 bits per heavy atom. The molecule has 3 rings (SSSR count). The summed E-state index contributed by atoms with van der Waals surface area (Å²) in [5, 5.41) is 12.9. The van der Waals surface area contributed by atoms with E-state index in [1.165, 1.54) is 22.2 Å². The minimum Gasteiger partial charge on any atom is -0.497 e. The third kappa shape index (κ3) is 4.92. The predicted octanol–water partition coefficient (Wildman–Crippen LogP) is 2.95. The first-order valence-corrected chi connectivity index (χ1v) is 10.6. The summed E-state index contributed by atoms with van der Waals surface area (Å²) in [6.07, 6.45) is 2.91. The van der Waals surface area contributed by atoms with Gasteiger partial charge in [0.2, 0.25) is 11.8 Å². The smallest absolute Gasteiger partial charge is 0.243 e. The number of carbonyl (C=O) groups excluding carboxylic acids is 2. The Morgan fingerprint density at radius 1 is 1.37 bits per heavy atom. The molecular weight excluding hydrogens is 400 g/mol. The number of aromatic nitrogens is 1. The Hall–Kier alpha value is -3.05. The summed E-state index contributed by atoms with van der Waals surface area (Å²) in [7, 11) is 3.14. The van der Waals surface area contributed by atoms with Crippen molar-refractivity contribution in [1.29, 1.82) is 5.26 Å². The van der Waals surface area contributed by atoms with Crippen LogP contribution >= 0.6 is 11.8 Å². The Balaban J connectivity index is 1.58. The van der Waals surface area contributed by atoms with Crippen LogP contribution in [0.3, 0.4) is 0 Å². The molecule has 0 aliphatic heterocycles. The van der Waals surface area contributed by atoms with Crippen LogP contribution in [0.15, 0.2) is 29.3 Å². The maximum atomic E-state index is 12.5. The van der Waals surface area contributed by atoms with Gasteiger partial charge in [0.25, 0.3) is 0 Å². The maximum absolute atomic E-state index is 12.5. The van der Waals surface area contributed by atoms with E-state index in [0.29, 0.717) is 22.0 Å². The largest absolute Gasteiger partial charge is 0.497 e. The number of benzene rings is 1. The number of anilines is 1. The third-order valence-electron chi connectivity index (χ3n) is 5.07. The van der Waals surface area contributed by atoms with Gasteiger partial charge in [-0.1, -0.05) is 17.8 Å². The van der Waals surface area contributed by atoms with Crippen LogP contribution in [0.4, 0.5) is 5.69 Å². The van der Waals surface area contributed by atoms with Crippen LogP contribution in [0, 0.1) is 18.3 Å². The molecular formula is C22H24N4O3S. The number of nitrogens with zero attached hydrogens (tertiary/aromatic N) is 3. The lowest BCUT2D eigenvalue weighted by molar-refractivity contribution is -0.131. The van der Waals surface area contributed by atoms with Crippen molar-refractivity contribution in [2.24, 2.45) is 0 Å². The van der Waals surface area contributed by atoms with Crippen molar-refractivity contribution < 1.29 is 14.3 Å². The summed E-state index contributed by atoms with van der Waals surface area (Å²) < 4.78 is 5.14. The quantitative estimate of drug-likeness (QED) is 0.687. The van der Waals surface area contributed by atoms with Crippen LogP contribution in [-0.2, 0) is 22.4 Å². The lowest BCUT2D eigenvalue weighted by Gasteiger charge is -2.17. The summed E-state index contributed by atoms with van der Waals surface area (Å²) in [6, 6.07) is 9.26. The number of amides is 2. The van der Waals surface area contributed by atoms with Crippen LogP contribution in [0.1, 0.15) is 28.8 Å². The minimum atomic E-state index is -0.298. The van der Waals surface area contributed by atoms with Gasteiger partial charge in [0.1, 0.15) is 16.8 Å². The highest BCUT2D eigenvalue weighted by Crippen LogP contribution is 2.31. The minimum absolute atomic E-state index is 0.0711. The Labute approximate surface area is 180 Å². The number of carbonyl (C=O) groups is 2. The molecule has 0 fully saturated rings. The monoisotopic (exact) mass is 424 g/mol. The summed E-state index contributed by atoms with van der Waals surface area (Å²) in [5.41, 5.74) is 4.33. The van der Waals surface area contributed by atoms with Crippen molar-refractivity contribution in [2.75, 3.05) is 31.8 Å². The number of aryl methyl sites for hydroxylation is 1. The molecule has 1 N–H and O–H groups in total. The van der Waals surface area contributed by atoms with Crippen molar-refractivity contribution >= 4 is 29.3 Å². The standard InChI is InChI=1S/C22H24N4O3S/c1-14-17-8-5-9-19(17)25-22(18(14)11-23)30-13-21(28)26(2)12-20(27)24-15-6-4-7-16(10-15)29-3/h4,6-7,10H,5,8-9,12-13H2,1-3H3,(H,24,27). The average molecular weight is 425 g/mol. The van der Waals surface area contributed by atoms with Gasteiger partial charge in [0.15, 0.2) is 0 Å². The summed E-state index contributed by atoms with van der Waals surface area (Å²) >= 11 is 1.25. The van der Waals surface area contributed by atoms with E-state index in [2.05, 4.69) is 16.4 Å². The van der Waals surface area contributed by atoms with E-state index in [4.69, 9.17) is 4.74 Å². The summed E-state index contributed by atoms with van der Waals surface area (Å²) in [6.45, 7) is 1.88. The van der Waals surface area contributed by atoms with E-state index in [0.717, 1.165) is 30.5 Å². The molecule has 0 saturated carbocycles. The van der Waals surface area contributed by atoms with E-state index < -0.39 is 0 Å². The second kappa shape index (κ2) is 9.63. The number of ether oxygens (including phenoxy) is 1. The molecule has 1 aliphatic rings. The number of fused-ring (bicyclic) bond motifs is 1. The van der Waals surface area contributed by atoms with Crippen LogP contribution in [-0.4, -0.2) is 48.2 Å². The molecule has 7 nitrogen and oxygen atoms in total. The molecule has 0 atom stereocenters. The molecule has 0 radical (unpaired) electrons. The Bertz CT molecular complexity index is 1020. The lowest BCUT2D eigenvalue weighted by atomic mass is 10.0. The topological polar surface area (TPSA) is 95.3 Å². The fourth-order valence-electron chi connectivity index (χ4n) is 3.43.